The van der Waals surface area contributed by atoms with Gasteiger partial charge >= 0.3 is 0 Å². The highest BCUT2D eigenvalue weighted by atomic mass is 14.5. The largest absolute Gasteiger partial charge is 0.0851 e. The summed E-state index contributed by atoms with van der Waals surface area (Å²) in [6.07, 6.45) is 14.1. The van der Waals surface area contributed by atoms with Crippen LogP contribution in [0.1, 0.15) is 26.2 Å². The van der Waals surface area contributed by atoms with Crippen molar-refractivity contribution in [2.24, 2.45) is 29.6 Å². The summed E-state index contributed by atoms with van der Waals surface area (Å²) in [7, 11) is 0. The third-order valence-corrected chi connectivity index (χ3v) is 4.37. The summed E-state index contributed by atoms with van der Waals surface area (Å²) < 4.78 is 0. The monoisotopic (exact) mass is 174 g/mol. The van der Waals surface area contributed by atoms with Crippen LogP contribution in [0, 0.1) is 29.6 Å². The zero-order valence-electron chi connectivity index (χ0n) is 8.32. The molecule has 0 nitrogen and oxygen atoms in total. The highest BCUT2D eigenvalue weighted by molar-refractivity contribution is 5.18. The molecule has 1 fully saturated rings. The fourth-order valence-electron chi connectivity index (χ4n) is 3.53. The lowest BCUT2D eigenvalue weighted by molar-refractivity contribution is 0.247. The minimum Gasteiger partial charge on any atom is -0.0851 e. The normalized spacial score (nSPS) is 51.3. The van der Waals surface area contributed by atoms with E-state index >= 15 is 0 Å². The molecule has 0 aliphatic heterocycles. The Balaban J connectivity index is 1.74. The van der Waals surface area contributed by atoms with Gasteiger partial charge in [0.1, 0.15) is 0 Å². The van der Waals surface area contributed by atoms with Crippen molar-refractivity contribution in [1.82, 2.24) is 0 Å². The minimum absolute atomic E-state index is 0.915. The fourth-order valence-corrected chi connectivity index (χ4v) is 3.53. The van der Waals surface area contributed by atoms with Crippen LogP contribution < -0.4 is 0 Å². The summed E-state index contributed by atoms with van der Waals surface area (Å²) in [5, 5.41) is 0. The van der Waals surface area contributed by atoms with Gasteiger partial charge in [-0.15, -0.1) is 0 Å². The molecule has 0 saturated heterocycles. The maximum atomic E-state index is 2.48. The van der Waals surface area contributed by atoms with E-state index in [1.165, 1.54) is 19.3 Å². The van der Waals surface area contributed by atoms with Crippen LogP contribution >= 0.6 is 0 Å². The van der Waals surface area contributed by atoms with Gasteiger partial charge in [0.15, 0.2) is 0 Å². The number of hydrogen-bond donors (Lipinski definition) is 0. The molecule has 13 heavy (non-hydrogen) atoms. The van der Waals surface area contributed by atoms with Crippen LogP contribution in [0.15, 0.2) is 24.3 Å². The van der Waals surface area contributed by atoms with E-state index in [1.54, 1.807) is 0 Å². The zero-order chi connectivity index (χ0) is 8.84. The standard InChI is InChI=1S/C13H18/c1-2-10-5-6-12(10)13-8-9-3-4-11(13)7-9/h3-6,9-13H,2,7-8H2,1H3. The van der Waals surface area contributed by atoms with Crippen LogP contribution in [0.5, 0.6) is 0 Å². The summed E-state index contributed by atoms with van der Waals surface area (Å²) in [6, 6.07) is 0. The molecule has 0 heteroatoms. The van der Waals surface area contributed by atoms with Gasteiger partial charge in [-0.1, -0.05) is 31.2 Å². The minimum atomic E-state index is 0.915. The van der Waals surface area contributed by atoms with Gasteiger partial charge in [-0.25, -0.2) is 0 Å². The van der Waals surface area contributed by atoms with Crippen LogP contribution in [-0.2, 0) is 0 Å². The summed E-state index contributed by atoms with van der Waals surface area (Å²) in [5.41, 5.74) is 0. The van der Waals surface area contributed by atoms with E-state index in [1.807, 2.05) is 0 Å². The highest BCUT2D eigenvalue weighted by Crippen LogP contribution is 2.51. The van der Waals surface area contributed by atoms with E-state index < -0.39 is 0 Å². The Kier molecular flexibility index (Phi) is 1.65. The van der Waals surface area contributed by atoms with Gasteiger partial charge in [-0.2, -0.15) is 0 Å². The van der Waals surface area contributed by atoms with E-state index in [9.17, 15) is 0 Å². The lowest BCUT2D eigenvalue weighted by Crippen LogP contribution is -2.28. The molecule has 0 aromatic carbocycles. The van der Waals surface area contributed by atoms with E-state index in [4.69, 9.17) is 0 Å². The molecule has 3 aliphatic rings. The SMILES string of the molecule is CCC1C=CC1C1CC2C=CC1C2. The molecule has 0 radical (unpaired) electrons. The topological polar surface area (TPSA) is 0 Å². The first-order valence-corrected chi connectivity index (χ1v) is 5.75. The van der Waals surface area contributed by atoms with E-state index in [0.29, 0.717) is 0 Å². The fraction of sp³-hybridized carbons (Fsp3) is 0.692. The second kappa shape index (κ2) is 2.73. The summed E-state index contributed by atoms with van der Waals surface area (Å²) in [4.78, 5) is 0. The van der Waals surface area contributed by atoms with Gasteiger partial charge in [-0.05, 0) is 48.9 Å². The average Bonchev–Trinajstić information content (AvgIpc) is 2.63. The lowest BCUT2D eigenvalue weighted by atomic mass is 9.68. The summed E-state index contributed by atoms with van der Waals surface area (Å²) in [5.74, 6) is 4.74. The molecule has 0 aromatic rings. The Morgan fingerprint density at radius 1 is 1.08 bits per heavy atom. The van der Waals surface area contributed by atoms with Crippen molar-refractivity contribution < 1.29 is 0 Å². The van der Waals surface area contributed by atoms with E-state index in [2.05, 4.69) is 31.2 Å². The Morgan fingerprint density at radius 2 is 2.00 bits per heavy atom. The Hall–Kier alpha value is -0.520. The van der Waals surface area contributed by atoms with Crippen molar-refractivity contribution >= 4 is 0 Å². The lowest BCUT2D eigenvalue weighted by Gasteiger charge is -2.36. The third-order valence-electron chi connectivity index (χ3n) is 4.37. The molecule has 0 aromatic heterocycles. The number of hydrogen-bond acceptors (Lipinski definition) is 0. The van der Waals surface area contributed by atoms with Crippen molar-refractivity contribution in [3.8, 4) is 0 Å². The Bertz CT molecular complexity index is 261. The third kappa shape index (κ3) is 1.04. The van der Waals surface area contributed by atoms with Crippen LogP contribution in [0.3, 0.4) is 0 Å². The molecule has 0 spiro atoms. The maximum Gasteiger partial charge on any atom is -0.0136 e. The van der Waals surface area contributed by atoms with Crippen molar-refractivity contribution in [1.29, 1.82) is 0 Å². The maximum absolute atomic E-state index is 2.48. The molecule has 5 atom stereocenters. The van der Waals surface area contributed by atoms with Crippen LogP contribution in [-0.4, -0.2) is 0 Å². The molecule has 3 aliphatic carbocycles. The molecule has 70 valence electrons. The van der Waals surface area contributed by atoms with Gasteiger partial charge in [0.25, 0.3) is 0 Å². The zero-order valence-corrected chi connectivity index (χ0v) is 8.32. The summed E-state index contributed by atoms with van der Waals surface area (Å²) >= 11 is 0. The molecular formula is C13H18. The Morgan fingerprint density at radius 3 is 2.46 bits per heavy atom. The van der Waals surface area contributed by atoms with Crippen LogP contribution in [0.2, 0.25) is 0 Å². The second-order valence-electron chi connectivity index (χ2n) is 4.98. The van der Waals surface area contributed by atoms with Crippen molar-refractivity contribution in [2.75, 3.05) is 0 Å². The van der Waals surface area contributed by atoms with Crippen molar-refractivity contribution in [3.63, 3.8) is 0 Å². The average molecular weight is 174 g/mol. The molecule has 1 saturated carbocycles. The first-order chi connectivity index (χ1) is 6.38. The van der Waals surface area contributed by atoms with Gasteiger partial charge < -0.3 is 0 Å². The quantitative estimate of drug-likeness (QED) is 0.563. The van der Waals surface area contributed by atoms with Gasteiger partial charge in [0, 0.05) is 0 Å². The molecule has 0 heterocycles. The van der Waals surface area contributed by atoms with Crippen molar-refractivity contribution in [3.05, 3.63) is 24.3 Å². The van der Waals surface area contributed by atoms with Crippen molar-refractivity contribution in [2.45, 2.75) is 26.2 Å². The predicted molar refractivity (Wildman–Crippen MR) is 55.3 cm³/mol. The molecule has 5 unspecified atom stereocenters. The van der Waals surface area contributed by atoms with E-state index in [-0.39, 0.29) is 0 Å². The van der Waals surface area contributed by atoms with Gasteiger partial charge in [0.2, 0.25) is 0 Å². The second-order valence-corrected chi connectivity index (χ2v) is 4.98. The number of fused-ring (bicyclic) bond motifs is 2. The van der Waals surface area contributed by atoms with Gasteiger partial charge in [-0.3, -0.25) is 0 Å². The first-order valence-electron chi connectivity index (χ1n) is 5.75. The van der Waals surface area contributed by atoms with E-state index in [0.717, 1.165) is 29.6 Å². The first kappa shape index (κ1) is 7.84. The van der Waals surface area contributed by atoms with Crippen LogP contribution in [0.4, 0.5) is 0 Å². The Labute approximate surface area is 80.7 Å². The number of allylic oxidation sites excluding steroid dienone is 4. The predicted octanol–water partition coefficient (Wildman–Crippen LogP) is 3.41. The molecule has 0 N–H and O–H groups in total. The number of rotatable bonds is 2. The van der Waals surface area contributed by atoms with Crippen LogP contribution in [0.25, 0.3) is 0 Å². The molecule has 3 rings (SSSR count). The van der Waals surface area contributed by atoms with Gasteiger partial charge in [0.05, 0.1) is 0 Å². The molecule has 2 bridgehead atoms. The smallest absolute Gasteiger partial charge is 0.0136 e. The molecule has 0 amide bonds. The summed E-state index contributed by atoms with van der Waals surface area (Å²) in [6.45, 7) is 2.32. The highest BCUT2D eigenvalue weighted by Gasteiger charge is 2.42. The molecular weight excluding hydrogens is 156 g/mol.